The van der Waals surface area contributed by atoms with Gasteiger partial charge in [-0.1, -0.05) is 24.3 Å². The predicted molar refractivity (Wildman–Crippen MR) is 101 cm³/mol. The topological polar surface area (TPSA) is 102 Å². The Morgan fingerprint density at radius 1 is 0.926 bits per heavy atom. The molecule has 3 rings (SSSR count). The molecular formula is C19H17NO6S. The minimum Gasteiger partial charge on any atom is -0.493 e. The molecule has 0 saturated carbocycles. The lowest BCUT2D eigenvalue weighted by atomic mass is 10.1. The molecule has 0 aliphatic heterocycles. The standard InChI is InChI=1S/C19H17NO6S/c1-25-17-8-7-14(11-18(17)26-2)27(23,24)20-16-10-13-6-4-3-5-12(13)9-15(16)19(21)22/h3-11,20H,1-2H3,(H,21,22). The molecule has 0 heterocycles. The van der Waals surface area contributed by atoms with Gasteiger partial charge in [0.15, 0.2) is 11.5 Å². The van der Waals surface area contributed by atoms with Crippen molar-refractivity contribution in [3.63, 3.8) is 0 Å². The van der Waals surface area contributed by atoms with Gasteiger partial charge in [0.05, 0.1) is 30.4 Å². The third kappa shape index (κ3) is 3.65. The van der Waals surface area contributed by atoms with Gasteiger partial charge in [-0.3, -0.25) is 4.72 Å². The van der Waals surface area contributed by atoms with Crippen molar-refractivity contribution in [3.8, 4) is 11.5 Å². The second-order valence-electron chi connectivity index (χ2n) is 5.67. The van der Waals surface area contributed by atoms with E-state index in [0.29, 0.717) is 16.5 Å². The van der Waals surface area contributed by atoms with Crippen LogP contribution in [0.3, 0.4) is 0 Å². The Balaban J connectivity index is 2.08. The van der Waals surface area contributed by atoms with E-state index in [4.69, 9.17) is 9.47 Å². The van der Waals surface area contributed by atoms with Crippen LogP contribution in [0.4, 0.5) is 5.69 Å². The van der Waals surface area contributed by atoms with E-state index < -0.39 is 16.0 Å². The summed E-state index contributed by atoms with van der Waals surface area (Å²) in [6, 6.07) is 14.2. The number of rotatable bonds is 6. The van der Waals surface area contributed by atoms with Crippen LogP contribution in [-0.2, 0) is 10.0 Å². The lowest BCUT2D eigenvalue weighted by molar-refractivity contribution is 0.0698. The number of benzene rings is 3. The van der Waals surface area contributed by atoms with Gasteiger partial charge in [-0.25, -0.2) is 13.2 Å². The Kier molecular flexibility index (Phi) is 4.91. The van der Waals surface area contributed by atoms with Gasteiger partial charge in [0.1, 0.15) is 0 Å². The average molecular weight is 387 g/mol. The van der Waals surface area contributed by atoms with Gasteiger partial charge in [0, 0.05) is 6.07 Å². The third-order valence-corrected chi connectivity index (χ3v) is 5.39. The van der Waals surface area contributed by atoms with Crippen LogP contribution in [0, 0.1) is 0 Å². The monoisotopic (exact) mass is 387 g/mol. The van der Waals surface area contributed by atoms with Gasteiger partial charge in [-0.2, -0.15) is 0 Å². The lowest BCUT2D eigenvalue weighted by Gasteiger charge is -2.14. The summed E-state index contributed by atoms with van der Waals surface area (Å²) < 4.78 is 38.2. The van der Waals surface area contributed by atoms with Gasteiger partial charge in [0.25, 0.3) is 10.0 Å². The van der Waals surface area contributed by atoms with E-state index in [1.165, 1.54) is 44.6 Å². The Labute approximate surface area is 156 Å². The summed E-state index contributed by atoms with van der Waals surface area (Å²) in [5, 5.41) is 10.9. The minimum absolute atomic E-state index is 0.0176. The molecule has 0 fully saturated rings. The predicted octanol–water partition coefficient (Wildman–Crippen LogP) is 3.36. The van der Waals surface area contributed by atoms with Gasteiger partial charge in [-0.05, 0) is 35.0 Å². The molecule has 0 atom stereocenters. The number of carbonyl (C=O) groups is 1. The summed E-state index contributed by atoms with van der Waals surface area (Å²) in [5.74, 6) is -0.600. The Morgan fingerprint density at radius 3 is 2.15 bits per heavy atom. The van der Waals surface area contributed by atoms with E-state index in [9.17, 15) is 18.3 Å². The highest BCUT2D eigenvalue weighted by atomic mass is 32.2. The van der Waals surface area contributed by atoms with Crippen LogP contribution < -0.4 is 14.2 Å². The number of carboxylic acids is 1. The van der Waals surface area contributed by atoms with Crippen LogP contribution in [0.15, 0.2) is 59.5 Å². The van der Waals surface area contributed by atoms with Crippen LogP contribution >= 0.6 is 0 Å². The van der Waals surface area contributed by atoms with Crippen LogP contribution in [0.1, 0.15) is 10.4 Å². The molecule has 0 aliphatic rings. The molecule has 0 aromatic heterocycles. The fraction of sp³-hybridized carbons (Fsp3) is 0.105. The van der Waals surface area contributed by atoms with Gasteiger partial charge in [-0.15, -0.1) is 0 Å². The molecule has 0 unspecified atom stereocenters. The van der Waals surface area contributed by atoms with Crippen molar-refractivity contribution in [3.05, 3.63) is 60.2 Å². The summed E-state index contributed by atoms with van der Waals surface area (Å²) in [5.41, 5.74) is -0.159. The maximum absolute atomic E-state index is 12.8. The fourth-order valence-corrected chi connectivity index (χ4v) is 3.77. The normalized spacial score (nSPS) is 11.2. The maximum Gasteiger partial charge on any atom is 0.337 e. The first-order chi connectivity index (χ1) is 12.9. The van der Waals surface area contributed by atoms with Crippen LogP contribution in [0.2, 0.25) is 0 Å². The first kappa shape index (κ1) is 18.5. The lowest BCUT2D eigenvalue weighted by Crippen LogP contribution is -2.16. The van der Waals surface area contributed by atoms with Crippen molar-refractivity contribution in [2.24, 2.45) is 0 Å². The van der Waals surface area contributed by atoms with Crippen molar-refractivity contribution >= 4 is 32.5 Å². The number of methoxy groups -OCH3 is 2. The molecule has 0 radical (unpaired) electrons. The number of aromatic carboxylic acids is 1. The van der Waals surface area contributed by atoms with Gasteiger partial charge in [0.2, 0.25) is 0 Å². The van der Waals surface area contributed by atoms with Crippen molar-refractivity contribution in [1.82, 2.24) is 0 Å². The maximum atomic E-state index is 12.8. The minimum atomic E-state index is -4.04. The Morgan fingerprint density at radius 2 is 1.56 bits per heavy atom. The molecule has 0 saturated heterocycles. The number of fused-ring (bicyclic) bond motifs is 1. The van der Waals surface area contributed by atoms with E-state index >= 15 is 0 Å². The first-order valence-corrected chi connectivity index (χ1v) is 9.35. The van der Waals surface area contributed by atoms with Crippen molar-refractivity contribution in [2.75, 3.05) is 18.9 Å². The number of sulfonamides is 1. The molecule has 7 nitrogen and oxygen atoms in total. The molecular weight excluding hydrogens is 370 g/mol. The van der Waals surface area contributed by atoms with E-state index in [1.54, 1.807) is 24.3 Å². The summed E-state index contributed by atoms with van der Waals surface area (Å²) >= 11 is 0. The number of ether oxygens (including phenoxy) is 2. The molecule has 2 N–H and O–H groups in total. The van der Waals surface area contributed by atoms with E-state index in [1.807, 2.05) is 0 Å². The summed E-state index contributed by atoms with van der Waals surface area (Å²) in [6.45, 7) is 0. The second-order valence-corrected chi connectivity index (χ2v) is 7.35. The molecule has 0 aliphatic carbocycles. The summed E-state index contributed by atoms with van der Waals surface area (Å²) in [7, 11) is -1.21. The largest absolute Gasteiger partial charge is 0.493 e. The Hall–Kier alpha value is -3.26. The van der Waals surface area contributed by atoms with Gasteiger partial charge < -0.3 is 14.6 Å². The van der Waals surface area contributed by atoms with E-state index in [-0.39, 0.29) is 21.9 Å². The number of carboxylic acid groups (broad SMARTS) is 1. The molecule has 3 aromatic rings. The summed E-state index contributed by atoms with van der Waals surface area (Å²) in [6.07, 6.45) is 0. The molecule has 0 spiro atoms. The van der Waals surface area contributed by atoms with Crippen molar-refractivity contribution in [1.29, 1.82) is 0 Å². The highest BCUT2D eigenvalue weighted by molar-refractivity contribution is 7.92. The first-order valence-electron chi connectivity index (χ1n) is 7.86. The fourth-order valence-electron chi connectivity index (χ4n) is 2.69. The number of hydrogen-bond acceptors (Lipinski definition) is 5. The third-order valence-electron chi connectivity index (χ3n) is 4.03. The highest BCUT2D eigenvalue weighted by Gasteiger charge is 2.21. The smallest absolute Gasteiger partial charge is 0.337 e. The molecule has 140 valence electrons. The van der Waals surface area contributed by atoms with Crippen LogP contribution in [0.5, 0.6) is 11.5 Å². The number of hydrogen-bond donors (Lipinski definition) is 2. The number of nitrogens with one attached hydrogen (secondary N) is 1. The highest BCUT2D eigenvalue weighted by Crippen LogP contribution is 2.31. The molecule has 3 aromatic carbocycles. The van der Waals surface area contributed by atoms with Crippen molar-refractivity contribution < 1.29 is 27.8 Å². The van der Waals surface area contributed by atoms with E-state index in [0.717, 1.165) is 0 Å². The molecule has 0 amide bonds. The molecule has 8 heteroatoms. The zero-order valence-corrected chi connectivity index (χ0v) is 15.4. The zero-order chi connectivity index (χ0) is 19.6. The van der Waals surface area contributed by atoms with E-state index in [2.05, 4.69) is 4.72 Å². The van der Waals surface area contributed by atoms with Crippen LogP contribution in [-0.4, -0.2) is 33.7 Å². The van der Waals surface area contributed by atoms with Gasteiger partial charge >= 0.3 is 5.97 Å². The quantitative estimate of drug-likeness (QED) is 0.672. The molecule has 0 bridgehead atoms. The van der Waals surface area contributed by atoms with Crippen LogP contribution in [0.25, 0.3) is 10.8 Å². The van der Waals surface area contributed by atoms with Crippen molar-refractivity contribution in [2.45, 2.75) is 4.90 Å². The second kappa shape index (κ2) is 7.16. The summed E-state index contributed by atoms with van der Waals surface area (Å²) in [4.78, 5) is 11.5. The average Bonchev–Trinajstić information content (AvgIpc) is 2.66. The number of anilines is 1. The zero-order valence-electron chi connectivity index (χ0n) is 14.6. The Bertz CT molecular complexity index is 1120. The molecule has 27 heavy (non-hydrogen) atoms. The SMILES string of the molecule is COc1ccc(S(=O)(=O)Nc2cc3ccccc3cc2C(=O)O)cc1OC.